The summed E-state index contributed by atoms with van der Waals surface area (Å²) in [7, 11) is -5.54. The molecule has 0 saturated heterocycles. The van der Waals surface area contributed by atoms with E-state index in [2.05, 4.69) is 9.73 Å². The number of alkyl halides is 3. The summed E-state index contributed by atoms with van der Waals surface area (Å²) >= 11 is 0. The average molecular weight is 261 g/mol. The second-order valence-electron chi connectivity index (χ2n) is 3.71. The summed E-state index contributed by atoms with van der Waals surface area (Å²) in [5.41, 5.74) is -6.91. The summed E-state index contributed by atoms with van der Waals surface area (Å²) < 4.78 is 60.7. The second kappa shape index (κ2) is 4.40. The van der Waals surface area contributed by atoms with Gasteiger partial charge in [0.25, 0.3) is 9.84 Å². The fourth-order valence-electron chi connectivity index (χ4n) is 0.460. The van der Waals surface area contributed by atoms with Crippen molar-refractivity contribution in [3.8, 4) is 0 Å². The minimum atomic E-state index is -5.54. The minimum absolute atomic E-state index is 0.471. The summed E-state index contributed by atoms with van der Waals surface area (Å²) in [6.45, 7) is 4.37. The van der Waals surface area contributed by atoms with Crippen LogP contribution in [0.5, 0.6) is 0 Å². The molecule has 0 aliphatic rings. The number of amides is 1. The molecule has 0 aliphatic heterocycles. The average Bonchev–Trinajstić information content (AvgIpc) is 1.95. The van der Waals surface area contributed by atoms with Gasteiger partial charge in [-0.25, -0.2) is 13.2 Å². The lowest BCUT2D eigenvalue weighted by atomic mass is 10.2. The lowest BCUT2D eigenvalue weighted by Crippen LogP contribution is -2.26. The standard InChI is InChI=1S/C7H10F3NO4S/c1-6(2,3)15-5(12)11-4-16(13,14)7(8,9)10/h4H,1-3H3. The quantitative estimate of drug-likeness (QED) is 0.533. The van der Waals surface area contributed by atoms with Crippen LogP contribution in [0, 0.1) is 0 Å². The number of aliphatic imine (C=N–C) groups is 1. The highest BCUT2D eigenvalue weighted by atomic mass is 32.2. The van der Waals surface area contributed by atoms with Gasteiger partial charge in [0.15, 0.2) is 0 Å². The molecule has 5 nitrogen and oxygen atoms in total. The van der Waals surface area contributed by atoms with E-state index in [1.165, 1.54) is 20.8 Å². The smallest absolute Gasteiger partial charge is 0.442 e. The van der Waals surface area contributed by atoms with E-state index in [0.29, 0.717) is 0 Å². The maximum Gasteiger partial charge on any atom is 0.502 e. The molecule has 0 spiro atoms. The molecular weight excluding hydrogens is 251 g/mol. The summed E-state index contributed by atoms with van der Waals surface area (Å²) in [5.74, 6) is 0. The Morgan fingerprint density at radius 2 is 1.69 bits per heavy atom. The predicted octanol–water partition coefficient (Wildman–Crippen LogP) is 1.88. The Labute approximate surface area is 90.2 Å². The lowest BCUT2D eigenvalue weighted by Gasteiger charge is -2.17. The topological polar surface area (TPSA) is 72.8 Å². The predicted molar refractivity (Wildman–Crippen MR) is 49.7 cm³/mol. The summed E-state index contributed by atoms with van der Waals surface area (Å²) in [5, 5.41) is 0. The van der Waals surface area contributed by atoms with Crippen molar-refractivity contribution >= 4 is 21.5 Å². The number of hydrogen-bond donors (Lipinski definition) is 0. The highest BCUT2D eigenvalue weighted by Crippen LogP contribution is 2.22. The molecule has 0 aromatic carbocycles. The number of rotatable bonds is 1. The number of nitrogens with zero attached hydrogens (tertiary/aromatic N) is 1. The van der Waals surface area contributed by atoms with Crippen LogP contribution in [0.25, 0.3) is 0 Å². The van der Waals surface area contributed by atoms with E-state index < -0.39 is 32.6 Å². The molecule has 0 radical (unpaired) electrons. The van der Waals surface area contributed by atoms with E-state index in [1.54, 1.807) is 0 Å². The molecule has 0 unspecified atom stereocenters. The Bertz CT molecular complexity index is 391. The van der Waals surface area contributed by atoms with Crippen LogP contribution in [0.2, 0.25) is 0 Å². The second-order valence-corrected chi connectivity index (χ2v) is 5.47. The monoisotopic (exact) mass is 261 g/mol. The van der Waals surface area contributed by atoms with Crippen molar-refractivity contribution in [1.82, 2.24) is 0 Å². The zero-order chi connectivity index (χ0) is 13.2. The van der Waals surface area contributed by atoms with E-state index in [4.69, 9.17) is 0 Å². The van der Waals surface area contributed by atoms with Gasteiger partial charge in [-0.1, -0.05) is 0 Å². The van der Waals surface area contributed by atoms with E-state index >= 15 is 0 Å². The lowest BCUT2D eigenvalue weighted by molar-refractivity contribution is -0.0415. The summed E-state index contributed by atoms with van der Waals surface area (Å²) in [6, 6.07) is 0. The number of carbonyl (C=O) groups is 1. The van der Waals surface area contributed by atoms with E-state index in [9.17, 15) is 26.4 Å². The van der Waals surface area contributed by atoms with Gasteiger partial charge in [-0.05, 0) is 20.8 Å². The van der Waals surface area contributed by atoms with Crippen molar-refractivity contribution in [1.29, 1.82) is 0 Å². The number of sulfone groups is 1. The van der Waals surface area contributed by atoms with Gasteiger partial charge in [-0.15, -0.1) is 0 Å². The first-order valence-electron chi connectivity index (χ1n) is 3.93. The maximum absolute atomic E-state index is 11.8. The first-order chi connectivity index (χ1) is 6.85. The number of halogens is 3. The van der Waals surface area contributed by atoms with Gasteiger partial charge in [0.2, 0.25) is 0 Å². The first-order valence-corrected chi connectivity index (χ1v) is 5.48. The molecule has 0 saturated carbocycles. The molecule has 1 amide bonds. The van der Waals surface area contributed by atoms with Gasteiger partial charge in [0.1, 0.15) is 11.1 Å². The first kappa shape index (κ1) is 14.9. The highest BCUT2D eigenvalue weighted by Gasteiger charge is 2.44. The molecule has 9 heteroatoms. The Kier molecular flexibility index (Phi) is 4.09. The fourth-order valence-corrected chi connectivity index (χ4v) is 0.805. The molecule has 0 aromatic heterocycles. The summed E-state index contributed by atoms with van der Waals surface area (Å²) in [4.78, 5) is 13.3. The largest absolute Gasteiger partial charge is 0.502 e. The van der Waals surface area contributed by atoms with Gasteiger partial charge in [-0.3, -0.25) is 0 Å². The number of hydrogen-bond acceptors (Lipinski definition) is 4. The van der Waals surface area contributed by atoms with Crippen LogP contribution in [0.4, 0.5) is 18.0 Å². The molecule has 0 atom stereocenters. The van der Waals surface area contributed by atoms with Crippen molar-refractivity contribution in [2.75, 3.05) is 0 Å². The van der Waals surface area contributed by atoms with Crippen molar-refractivity contribution in [3.63, 3.8) is 0 Å². The van der Waals surface area contributed by atoms with Gasteiger partial charge in [0.05, 0.1) is 0 Å². The molecule has 94 valence electrons. The van der Waals surface area contributed by atoms with Crippen molar-refractivity contribution in [3.05, 3.63) is 0 Å². The van der Waals surface area contributed by atoms with Crippen LogP contribution in [0.1, 0.15) is 20.8 Å². The normalized spacial score (nSPS) is 14.1. The van der Waals surface area contributed by atoms with Crippen LogP contribution in [0.3, 0.4) is 0 Å². The Morgan fingerprint density at radius 3 is 2.00 bits per heavy atom. The van der Waals surface area contributed by atoms with Crippen LogP contribution in [-0.2, 0) is 14.6 Å². The van der Waals surface area contributed by atoms with E-state index in [1.807, 2.05) is 0 Å². The number of ether oxygens (including phenoxy) is 1. The maximum atomic E-state index is 11.8. The SMILES string of the molecule is CC(C)(C)OC(=O)N=CS(=O)(=O)C(F)(F)F. The number of carbonyl (C=O) groups excluding carboxylic acids is 1. The molecule has 0 heterocycles. The Balaban J connectivity index is 4.71. The molecular formula is C7H10F3NO4S. The van der Waals surface area contributed by atoms with Gasteiger partial charge in [-0.2, -0.15) is 18.2 Å². The molecule has 0 aromatic rings. The molecule has 0 fully saturated rings. The van der Waals surface area contributed by atoms with Crippen molar-refractivity contribution in [2.45, 2.75) is 31.9 Å². The zero-order valence-corrected chi connectivity index (χ0v) is 9.52. The fraction of sp³-hybridized carbons (Fsp3) is 0.714. The zero-order valence-electron chi connectivity index (χ0n) is 8.70. The molecule has 0 bridgehead atoms. The Hall–Kier alpha value is -1.12. The van der Waals surface area contributed by atoms with Crippen molar-refractivity contribution in [2.24, 2.45) is 4.99 Å². The third kappa shape index (κ3) is 5.10. The third-order valence-electron chi connectivity index (χ3n) is 1.01. The third-order valence-corrected chi connectivity index (χ3v) is 2.04. The minimum Gasteiger partial charge on any atom is -0.442 e. The van der Waals surface area contributed by atoms with Crippen LogP contribution in [-0.4, -0.2) is 31.2 Å². The molecule has 0 rings (SSSR count). The highest BCUT2D eigenvalue weighted by molar-refractivity contribution is 8.05. The molecule has 0 N–H and O–H groups in total. The van der Waals surface area contributed by atoms with Crippen LogP contribution >= 0.6 is 0 Å². The Morgan fingerprint density at radius 1 is 1.25 bits per heavy atom. The van der Waals surface area contributed by atoms with Gasteiger partial charge < -0.3 is 4.74 Å². The van der Waals surface area contributed by atoms with E-state index in [-0.39, 0.29) is 0 Å². The molecule has 16 heavy (non-hydrogen) atoms. The van der Waals surface area contributed by atoms with Gasteiger partial charge in [0, 0.05) is 0 Å². The summed E-state index contributed by atoms with van der Waals surface area (Å²) in [6.07, 6.45) is -1.40. The molecule has 0 aliphatic carbocycles. The van der Waals surface area contributed by atoms with Crippen molar-refractivity contribution < 1.29 is 31.1 Å². The van der Waals surface area contributed by atoms with Crippen LogP contribution in [0.15, 0.2) is 4.99 Å². The van der Waals surface area contributed by atoms with E-state index in [0.717, 1.165) is 0 Å². The van der Waals surface area contributed by atoms with Gasteiger partial charge >= 0.3 is 11.6 Å². The van der Waals surface area contributed by atoms with Crippen LogP contribution < -0.4 is 0 Å².